The normalized spacial score (nSPS) is 11.7. The first kappa shape index (κ1) is 13.1. The number of ether oxygens (including phenoxy) is 2. The first-order valence-electron chi connectivity index (χ1n) is 5.88. The van der Waals surface area contributed by atoms with Crippen molar-refractivity contribution in [1.82, 2.24) is 4.98 Å². The Bertz CT molecular complexity index is 555. The van der Waals surface area contributed by atoms with E-state index < -0.39 is 5.92 Å². The maximum absolute atomic E-state index is 11.4. The second-order valence-electron chi connectivity index (χ2n) is 3.98. The molecule has 1 aromatic heterocycles. The van der Waals surface area contributed by atoms with Crippen molar-refractivity contribution in [3.8, 4) is 11.5 Å². The van der Waals surface area contributed by atoms with Crippen LogP contribution < -0.4 is 9.47 Å². The number of hydrogen-bond acceptors (Lipinski definition) is 4. The van der Waals surface area contributed by atoms with Crippen molar-refractivity contribution in [1.29, 1.82) is 0 Å². The number of rotatable bonds is 5. The van der Waals surface area contributed by atoms with Gasteiger partial charge in [-0.2, -0.15) is 0 Å². The van der Waals surface area contributed by atoms with E-state index in [0.29, 0.717) is 17.2 Å². The van der Waals surface area contributed by atoms with Crippen LogP contribution in [-0.4, -0.2) is 25.5 Å². The molecular weight excluding hydrogens is 242 g/mol. The zero-order valence-electron chi connectivity index (χ0n) is 10.9. The third-order valence-corrected chi connectivity index (χ3v) is 2.92. The summed E-state index contributed by atoms with van der Waals surface area (Å²) >= 11 is 0. The number of aldehydes is 1. The van der Waals surface area contributed by atoms with Crippen LogP contribution in [0.2, 0.25) is 0 Å². The lowest BCUT2D eigenvalue weighted by atomic mass is 9.95. The Kier molecular flexibility index (Phi) is 4.13. The predicted molar refractivity (Wildman–Crippen MR) is 71.7 cm³/mol. The highest BCUT2D eigenvalue weighted by Crippen LogP contribution is 2.32. The second-order valence-corrected chi connectivity index (χ2v) is 3.98. The number of aromatic nitrogens is 1. The van der Waals surface area contributed by atoms with Crippen molar-refractivity contribution >= 4 is 6.29 Å². The molecule has 0 aliphatic rings. The summed E-state index contributed by atoms with van der Waals surface area (Å²) in [5.41, 5.74) is 1.47. The van der Waals surface area contributed by atoms with Gasteiger partial charge in [0.05, 0.1) is 25.8 Å². The minimum absolute atomic E-state index is 0.443. The lowest BCUT2D eigenvalue weighted by Gasteiger charge is -2.15. The molecule has 0 saturated carbocycles. The first-order valence-corrected chi connectivity index (χ1v) is 5.88. The summed E-state index contributed by atoms with van der Waals surface area (Å²) in [6.45, 7) is 0. The van der Waals surface area contributed by atoms with Crippen LogP contribution in [0.4, 0.5) is 0 Å². The molecule has 0 bridgehead atoms. The fourth-order valence-electron chi connectivity index (χ4n) is 1.94. The van der Waals surface area contributed by atoms with Gasteiger partial charge < -0.3 is 14.3 Å². The van der Waals surface area contributed by atoms with E-state index in [-0.39, 0.29) is 0 Å². The van der Waals surface area contributed by atoms with Gasteiger partial charge in [-0.25, -0.2) is 0 Å². The topological polar surface area (TPSA) is 48.4 Å². The Morgan fingerprint density at radius 1 is 1.16 bits per heavy atom. The molecule has 19 heavy (non-hydrogen) atoms. The largest absolute Gasteiger partial charge is 0.497 e. The fourth-order valence-corrected chi connectivity index (χ4v) is 1.94. The van der Waals surface area contributed by atoms with E-state index >= 15 is 0 Å². The molecule has 0 aliphatic carbocycles. The van der Waals surface area contributed by atoms with E-state index in [1.165, 1.54) is 0 Å². The molecule has 1 aromatic carbocycles. The van der Waals surface area contributed by atoms with Gasteiger partial charge in [0.1, 0.15) is 17.8 Å². The van der Waals surface area contributed by atoms with Crippen LogP contribution in [-0.2, 0) is 4.79 Å². The number of carbonyl (C=O) groups is 1. The summed E-state index contributed by atoms with van der Waals surface area (Å²) in [6.07, 6.45) is 2.54. The van der Waals surface area contributed by atoms with Crippen molar-refractivity contribution in [2.24, 2.45) is 0 Å². The Labute approximate surface area is 112 Å². The third-order valence-electron chi connectivity index (χ3n) is 2.92. The smallest absolute Gasteiger partial charge is 0.133 e. The van der Waals surface area contributed by atoms with Crippen LogP contribution in [0, 0.1) is 0 Å². The lowest BCUT2D eigenvalue weighted by molar-refractivity contribution is -0.108. The van der Waals surface area contributed by atoms with Gasteiger partial charge in [-0.05, 0) is 18.2 Å². The van der Waals surface area contributed by atoms with E-state index in [1.807, 2.05) is 24.3 Å². The Balaban J connectivity index is 2.46. The third kappa shape index (κ3) is 2.73. The molecule has 0 unspecified atom stereocenters. The highest BCUT2D eigenvalue weighted by atomic mass is 16.5. The Morgan fingerprint density at radius 2 is 2.00 bits per heavy atom. The van der Waals surface area contributed by atoms with E-state index in [1.54, 1.807) is 32.5 Å². The molecule has 1 heterocycles. The monoisotopic (exact) mass is 257 g/mol. The number of nitrogens with zero attached hydrogens (tertiary/aromatic N) is 1. The molecule has 0 amide bonds. The van der Waals surface area contributed by atoms with Crippen molar-refractivity contribution in [2.45, 2.75) is 5.92 Å². The molecule has 1 atom stereocenters. The highest BCUT2D eigenvalue weighted by molar-refractivity contribution is 5.69. The number of hydrogen-bond donors (Lipinski definition) is 0. The zero-order valence-corrected chi connectivity index (χ0v) is 10.9. The van der Waals surface area contributed by atoms with Gasteiger partial charge in [-0.15, -0.1) is 0 Å². The van der Waals surface area contributed by atoms with E-state index in [4.69, 9.17) is 9.47 Å². The lowest BCUT2D eigenvalue weighted by Crippen LogP contribution is -2.06. The van der Waals surface area contributed by atoms with Crippen LogP contribution >= 0.6 is 0 Å². The molecule has 2 aromatic rings. The summed E-state index contributed by atoms with van der Waals surface area (Å²) in [7, 11) is 3.16. The number of methoxy groups -OCH3 is 2. The number of pyridine rings is 1. The van der Waals surface area contributed by atoms with Crippen LogP contribution in [0.5, 0.6) is 11.5 Å². The highest BCUT2D eigenvalue weighted by Gasteiger charge is 2.19. The SMILES string of the molecule is COc1ccc([C@H](C=O)c2ccccn2)c(OC)c1. The van der Waals surface area contributed by atoms with Gasteiger partial charge in [-0.3, -0.25) is 4.98 Å². The quantitative estimate of drug-likeness (QED) is 0.772. The molecular formula is C15H15NO3. The maximum atomic E-state index is 11.4. The fraction of sp³-hybridized carbons (Fsp3) is 0.200. The van der Waals surface area contributed by atoms with Gasteiger partial charge in [0.25, 0.3) is 0 Å². The van der Waals surface area contributed by atoms with Gasteiger partial charge in [-0.1, -0.05) is 12.1 Å². The molecule has 0 saturated heterocycles. The minimum Gasteiger partial charge on any atom is -0.497 e. The van der Waals surface area contributed by atoms with E-state index in [2.05, 4.69) is 4.98 Å². The summed E-state index contributed by atoms with van der Waals surface area (Å²) in [6, 6.07) is 10.9. The first-order chi connectivity index (χ1) is 9.30. The molecule has 0 spiro atoms. The number of benzene rings is 1. The van der Waals surface area contributed by atoms with Crippen LogP contribution in [0.3, 0.4) is 0 Å². The van der Waals surface area contributed by atoms with Gasteiger partial charge >= 0.3 is 0 Å². The Morgan fingerprint density at radius 3 is 2.58 bits per heavy atom. The molecule has 98 valence electrons. The average Bonchev–Trinajstić information content (AvgIpc) is 2.49. The van der Waals surface area contributed by atoms with E-state index in [0.717, 1.165) is 11.8 Å². The van der Waals surface area contributed by atoms with Gasteiger partial charge in [0.2, 0.25) is 0 Å². The van der Waals surface area contributed by atoms with Crippen molar-refractivity contribution in [3.05, 3.63) is 53.9 Å². The second kappa shape index (κ2) is 6.00. The Hall–Kier alpha value is -2.36. The molecule has 0 fully saturated rings. The maximum Gasteiger partial charge on any atom is 0.133 e. The summed E-state index contributed by atoms with van der Waals surface area (Å²) < 4.78 is 10.5. The van der Waals surface area contributed by atoms with Crippen LogP contribution in [0.25, 0.3) is 0 Å². The molecule has 4 heteroatoms. The molecule has 0 N–H and O–H groups in total. The van der Waals surface area contributed by atoms with Crippen LogP contribution in [0.1, 0.15) is 17.2 Å². The van der Waals surface area contributed by atoms with Crippen molar-refractivity contribution < 1.29 is 14.3 Å². The van der Waals surface area contributed by atoms with Gasteiger partial charge in [0, 0.05) is 17.8 Å². The summed E-state index contributed by atoms with van der Waals surface area (Å²) in [4.78, 5) is 15.6. The van der Waals surface area contributed by atoms with Crippen LogP contribution in [0.15, 0.2) is 42.6 Å². The van der Waals surface area contributed by atoms with Crippen molar-refractivity contribution in [3.63, 3.8) is 0 Å². The summed E-state index contributed by atoms with van der Waals surface area (Å²) in [5, 5.41) is 0. The standard InChI is InChI=1S/C15H15NO3/c1-18-11-6-7-12(15(9-11)19-2)13(10-17)14-5-3-4-8-16-14/h3-10,13H,1-2H3/t13-/m0/s1. The van der Waals surface area contributed by atoms with Crippen molar-refractivity contribution in [2.75, 3.05) is 14.2 Å². The van der Waals surface area contributed by atoms with Gasteiger partial charge in [0.15, 0.2) is 0 Å². The summed E-state index contributed by atoms with van der Waals surface area (Å²) in [5.74, 6) is 0.857. The average molecular weight is 257 g/mol. The predicted octanol–water partition coefficient (Wildman–Crippen LogP) is 2.43. The molecule has 0 radical (unpaired) electrons. The molecule has 0 aliphatic heterocycles. The molecule has 2 rings (SSSR count). The van der Waals surface area contributed by atoms with E-state index in [9.17, 15) is 4.79 Å². The zero-order chi connectivity index (χ0) is 13.7. The molecule has 4 nitrogen and oxygen atoms in total. The number of carbonyl (C=O) groups excluding carboxylic acids is 1. The minimum atomic E-state index is -0.443.